The fourth-order valence-corrected chi connectivity index (χ4v) is 3.20. The molecule has 0 bridgehead atoms. The van der Waals surface area contributed by atoms with Crippen LogP contribution in [0, 0.1) is 19.8 Å². The molecule has 3 rings (SSSR count). The Balaban J connectivity index is 2.08. The predicted molar refractivity (Wildman–Crippen MR) is 75.9 cm³/mol. The van der Waals surface area contributed by atoms with Gasteiger partial charge < -0.3 is 0 Å². The van der Waals surface area contributed by atoms with Crippen molar-refractivity contribution in [3.63, 3.8) is 0 Å². The summed E-state index contributed by atoms with van der Waals surface area (Å²) in [6.07, 6.45) is 1.35. The minimum atomic E-state index is -0.291. The second-order valence-corrected chi connectivity index (χ2v) is 5.38. The van der Waals surface area contributed by atoms with Gasteiger partial charge in [-0.1, -0.05) is 35.5 Å². The number of hydrogen-bond acceptors (Lipinski definition) is 3. The lowest BCUT2D eigenvalue weighted by atomic mass is 9.90. The Hall–Kier alpha value is -1.68. The van der Waals surface area contributed by atoms with Gasteiger partial charge in [-0.2, -0.15) is 0 Å². The van der Waals surface area contributed by atoms with Gasteiger partial charge in [0.05, 0.1) is 5.04 Å². The van der Waals surface area contributed by atoms with Crippen molar-refractivity contribution in [2.24, 2.45) is 15.9 Å². The maximum absolute atomic E-state index is 11.9. The van der Waals surface area contributed by atoms with Crippen molar-refractivity contribution in [3.05, 3.63) is 40.3 Å². The van der Waals surface area contributed by atoms with Crippen LogP contribution in [0.3, 0.4) is 0 Å². The second kappa shape index (κ2) is 4.21. The molecule has 1 aromatic carbocycles. The van der Waals surface area contributed by atoms with Crippen LogP contribution < -0.4 is 0 Å². The van der Waals surface area contributed by atoms with Crippen molar-refractivity contribution in [2.75, 3.05) is 0 Å². The van der Waals surface area contributed by atoms with Crippen molar-refractivity contribution >= 4 is 34.6 Å². The first-order chi connectivity index (χ1) is 8.66. The maximum Gasteiger partial charge on any atom is 0.261 e. The summed E-state index contributed by atoms with van der Waals surface area (Å²) in [6, 6.07) is 6.29. The summed E-state index contributed by atoms with van der Waals surface area (Å²) in [5.41, 5.74) is 4.53. The Morgan fingerprint density at radius 3 is 2.94 bits per heavy atom. The first-order valence-corrected chi connectivity index (χ1v) is 6.63. The first-order valence-electron chi connectivity index (χ1n) is 5.75. The highest BCUT2D eigenvalue weighted by Gasteiger charge is 2.35. The zero-order valence-corrected chi connectivity index (χ0v) is 11.0. The van der Waals surface area contributed by atoms with Gasteiger partial charge in [-0.3, -0.25) is 4.79 Å². The molecule has 0 radical (unpaired) electrons. The lowest BCUT2D eigenvalue weighted by Gasteiger charge is -2.16. The molecule has 0 saturated heterocycles. The Labute approximate surface area is 110 Å². The molecule has 0 fully saturated rings. The molecule has 0 spiro atoms. The molecule has 90 valence electrons. The van der Waals surface area contributed by atoms with Gasteiger partial charge in [0, 0.05) is 0 Å². The van der Waals surface area contributed by atoms with Crippen LogP contribution in [0.15, 0.2) is 33.6 Å². The fraction of sp³-hybridized carbons (Fsp3) is 0.214. The third-order valence-corrected chi connectivity index (χ3v) is 4.14. The van der Waals surface area contributed by atoms with Crippen molar-refractivity contribution in [1.29, 1.82) is 0 Å². The van der Waals surface area contributed by atoms with E-state index in [0.29, 0.717) is 0 Å². The number of aliphatic imine (C=N–C) groups is 2. The number of hydrogen-bond donors (Lipinski definition) is 0. The van der Waals surface area contributed by atoms with Gasteiger partial charge >= 0.3 is 0 Å². The maximum atomic E-state index is 11.9. The normalized spacial score (nSPS) is 21.7. The van der Waals surface area contributed by atoms with E-state index in [1.807, 2.05) is 5.41 Å². The number of benzene rings is 1. The van der Waals surface area contributed by atoms with E-state index in [1.54, 1.807) is 0 Å². The molecule has 1 aromatic rings. The third kappa shape index (κ3) is 1.73. The second-order valence-electron chi connectivity index (χ2n) is 4.49. The number of rotatable bonds is 1. The molecule has 2 heterocycles. The van der Waals surface area contributed by atoms with E-state index in [0.717, 1.165) is 16.2 Å². The smallest absolute Gasteiger partial charge is 0.261 e. The number of thioether (sulfide) groups is 1. The topological polar surface area (TPSA) is 41.8 Å². The van der Waals surface area contributed by atoms with E-state index in [-0.39, 0.29) is 11.8 Å². The lowest BCUT2D eigenvalue weighted by molar-refractivity contribution is -0.118. The summed E-state index contributed by atoms with van der Waals surface area (Å²) in [5, 5.41) is 2.86. The quantitative estimate of drug-likeness (QED) is 0.775. The van der Waals surface area contributed by atoms with E-state index in [1.165, 1.54) is 29.2 Å². The van der Waals surface area contributed by atoms with Gasteiger partial charge in [0.2, 0.25) is 0 Å². The number of aryl methyl sites for hydroxylation is 2. The van der Waals surface area contributed by atoms with E-state index < -0.39 is 0 Å². The van der Waals surface area contributed by atoms with Crippen molar-refractivity contribution in [2.45, 2.75) is 13.8 Å². The van der Waals surface area contributed by atoms with Crippen LogP contribution in [-0.2, 0) is 4.79 Å². The summed E-state index contributed by atoms with van der Waals surface area (Å²) >= 11 is 1.52. The summed E-state index contributed by atoms with van der Waals surface area (Å²) in [4.78, 5) is 19.9. The molecule has 1 unspecified atom stereocenters. The Bertz CT molecular complexity index is 629. The monoisotopic (exact) mass is 256 g/mol. The van der Waals surface area contributed by atoms with Crippen molar-refractivity contribution < 1.29 is 4.79 Å². The highest BCUT2D eigenvalue weighted by atomic mass is 32.2. The molecular weight excluding hydrogens is 244 g/mol. The summed E-state index contributed by atoms with van der Waals surface area (Å²) in [6.45, 7) is 4.12. The van der Waals surface area contributed by atoms with Crippen LogP contribution in [0.1, 0.15) is 16.7 Å². The van der Waals surface area contributed by atoms with E-state index >= 15 is 0 Å². The summed E-state index contributed by atoms with van der Waals surface area (Å²) in [5.74, 6) is -0.405. The van der Waals surface area contributed by atoms with Crippen LogP contribution in [0.2, 0.25) is 0 Å². The fourth-order valence-electron chi connectivity index (χ4n) is 2.22. The van der Waals surface area contributed by atoms with Crippen molar-refractivity contribution in [1.82, 2.24) is 0 Å². The minimum absolute atomic E-state index is 0.114. The first kappa shape index (κ1) is 11.4. The SMILES string of the molecule is Cc1ccc(C)c(C2=CSC3=NC=NC(=O)C23)c1. The van der Waals surface area contributed by atoms with Crippen LogP contribution in [0.4, 0.5) is 0 Å². The highest BCUT2D eigenvalue weighted by Crippen LogP contribution is 2.40. The Morgan fingerprint density at radius 2 is 2.11 bits per heavy atom. The van der Waals surface area contributed by atoms with E-state index in [2.05, 4.69) is 42.0 Å². The molecular formula is C14H12N2OS. The number of amides is 1. The van der Waals surface area contributed by atoms with Gasteiger partial charge in [-0.05, 0) is 36.0 Å². The zero-order chi connectivity index (χ0) is 12.7. The van der Waals surface area contributed by atoms with Crippen molar-refractivity contribution in [3.8, 4) is 0 Å². The standard InChI is InChI=1S/C14H12N2OS/c1-8-3-4-9(2)10(5-8)11-6-18-14-12(11)13(17)15-7-16-14/h3-7,12H,1-2H3. The van der Waals surface area contributed by atoms with Gasteiger partial charge in [-0.25, -0.2) is 9.98 Å². The van der Waals surface area contributed by atoms with Crippen LogP contribution >= 0.6 is 11.8 Å². The minimum Gasteiger partial charge on any atom is -0.271 e. The van der Waals surface area contributed by atoms with Crippen LogP contribution in [0.5, 0.6) is 0 Å². The summed E-state index contributed by atoms with van der Waals surface area (Å²) in [7, 11) is 0. The molecule has 2 aliphatic rings. The largest absolute Gasteiger partial charge is 0.271 e. The Morgan fingerprint density at radius 1 is 1.28 bits per heavy atom. The van der Waals surface area contributed by atoms with Gasteiger partial charge in [0.25, 0.3) is 5.91 Å². The average Bonchev–Trinajstić information content (AvgIpc) is 2.77. The number of nitrogens with zero attached hydrogens (tertiary/aromatic N) is 2. The van der Waals surface area contributed by atoms with Gasteiger partial charge in [-0.15, -0.1) is 0 Å². The molecule has 0 aliphatic carbocycles. The molecule has 2 aliphatic heterocycles. The molecule has 1 atom stereocenters. The molecule has 3 nitrogen and oxygen atoms in total. The van der Waals surface area contributed by atoms with Gasteiger partial charge in [0.1, 0.15) is 12.3 Å². The molecule has 0 N–H and O–H groups in total. The Kier molecular flexibility index (Phi) is 2.67. The van der Waals surface area contributed by atoms with Gasteiger partial charge in [0.15, 0.2) is 0 Å². The summed E-state index contributed by atoms with van der Waals surface area (Å²) < 4.78 is 0. The van der Waals surface area contributed by atoms with Crippen LogP contribution in [0.25, 0.3) is 5.57 Å². The molecule has 0 aromatic heterocycles. The lowest BCUT2D eigenvalue weighted by Crippen LogP contribution is -2.22. The van der Waals surface area contributed by atoms with Crippen LogP contribution in [-0.4, -0.2) is 17.3 Å². The zero-order valence-electron chi connectivity index (χ0n) is 10.2. The molecule has 0 saturated carbocycles. The molecule has 4 heteroatoms. The third-order valence-electron chi connectivity index (χ3n) is 3.19. The highest BCUT2D eigenvalue weighted by molar-refractivity contribution is 8.17. The predicted octanol–water partition coefficient (Wildman–Crippen LogP) is 2.97. The number of carbonyl (C=O) groups is 1. The average molecular weight is 256 g/mol. The van der Waals surface area contributed by atoms with E-state index in [9.17, 15) is 4.79 Å². The van der Waals surface area contributed by atoms with E-state index in [4.69, 9.17) is 0 Å². The number of carbonyl (C=O) groups excluding carboxylic acids is 1. The number of fused-ring (bicyclic) bond motifs is 1. The molecule has 1 amide bonds. The molecule has 18 heavy (non-hydrogen) atoms.